The van der Waals surface area contributed by atoms with Crippen LogP contribution in [0.5, 0.6) is 0 Å². The SMILES string of the molecule is Cc1cc(C)cc(NC(=O)[C@@H](c2ccc(Cl)cc2)C(C)C)c1. The van der Waals surface area contributed by atoms with Crippen LogP contribution in [0.15, 0.2) is 42.5 Å². The molecule has 0 radical (unpaired) electrons. The van der Waals surface area contributed by atoms with E-state index in [-0.39, 0.29) is 17.7 Å². The van der Waals surface area contributed by atoms with Gasteiger partial charge in [-0.15, -0.1) is 0 Å². The van der Waals surface area contributed by atoms with Gasteiger partial charge in [-0.25, -0.2) is 0 Å². The van der Waals surface area contributed by atoms with Gasteiger partial charge in [0.15, 0.2) is 0 Å². The fourth-order valence-electron chi connectivity index (χ4n) is 2.78. The van der Waals surface area contributed by atoms with Crippen molar-refractivity contribution >= 4 is 23.2 Å². The molecule has 2 aromatic carbocycles. The number of benzene rings is 2. The quantitative estimate of drug-likeness (QED) is 0.811. The Morgan fingerprint density at radius 3 is 2.05 bits per heavy atom. The van der Waals surface area contributed by atoms with E-state index in [1.54, 1.807) is 0 Å². The third-order valence-corrected chi connectivity index (χ3v) is 3.92. The van der Waals surface area contributed by atoms with E-state index in [2.05, 4.69) is 25.2 Å². The molecule has 0 aliphatic heterocycles. The van der Waals surface area contributed by atoms with Crippen LogP contribution < -0.4 is 5.32 Å². The molecule has 0 aromatic heterocycles. The largest absolute Gasteiger partial charge is 0.326 e. The molecule has 0 saturated carbocycles. The number of nitrogens with one attached hydrogen (secondary N) is 1. The van der Waals surface area contributed by atoms with Crippen LogP contribution in [-0.4, -0.2) is 5.91 Å². The highest BCUT2D eigenvalue weighted by atomic mass is 35.5. The zero-order valence-electron chi connectivity index (χ0n) is 13.5. The second-order valence-corrected chi connectivity index (χ2v) is 6.58. The van der Waals surface area contributed by atoms with Crippen molar-refractivity contribution in [1.82, 2.24) is 0 Å². The van der Waals surface area contributed by atoms with Crippen LogP contribution in [0.2, 0.25) is 5.02 Å². The van der Waals surface area contributed by atoms with Gasteiger partial charge in [-0.05, 0) is 60.7 Å². The summed E-state index contributed by atoms with van der Waals surface area (Å²) in [5.74, 6) is 0.0208. The van der Waals surface area contributed by atoms with Crippen LogP contribution in [0.1, 0.15) is 36.5 Å². The number of carbonyl (C=O) groups is 1. The highest BCUT2D eigenvalue weighted by Crippen LogP contribution is 2.27. The number of anilines is 1. The zero-order valence-corrected chi connectivity index (χ0v) is 14.2. The third kappa shape index (κ3) is 4.11. The Hall–Kier alpha value is -1.80. The van der Waals surface area contributed by atoms with Gasteiger partial charge < -0.3 is 5.32 Å². The van der Waals surface area contributed by atoms with Crippen molar-refractivity contribution in [3.8, 4) is 0 Å². The number of hydrogen-bond donors (Lipinski definition) is 1. The molecule has 3 heteroatoms. The molecule has 0 spiro atoms. The van der Waals surface area contributed by atoms with Crippen LogP contribution in [0.3, 0.4) is 0 Å². The smallest absolute Gasteiger partial charge is 0.232 e. The first-order chi connectivity index (χ1) is 10.4. The molecule has 2 aromatic rings. The standard InChI is InChI=1S/C19H22ClNO/c1-12(2)18(15-5-7-16(20)8-6-15)19(22)21-17-10-13(3)9-14(4)11-17/h5-12,18H,1-4H3,(H,21,22)/t18-/m1/s1. The van der Waals surface area contributed by atoms with Crippen LogP contribution >= 0.6 is 11.6 Å². The Morgan fingerprint density at radius 1 is 1.00 bits per heavy atom. The van der Waals surface area contributed by atoms with Gasteiger partial charge in [-0.1, -0.05) is 43.6 Å². The normalized spacial score (nSPS) is 12.3. The van der Waals surface area contributed by atoms with Gasteiger partial charge in [0.25, 0.3) is 0 Å². The van der Waals surface area contributed by atoms with Gasteiger partial charge >= 0.3 is 0 Å². The van der Waals surface area contributed by atoms with Crippen molar-refractivity contribution in [2.75, 3.05) is 5.32 Å². The highest BCUT2D eigenvalue weighted by molar-refractivity contribution is 6.30. The van der Waals surface area contributed by atoms with Crippen LogP contribution in [-0.2, 0) is 4.79 Å². The highest BCUT2D eigenvalue weighted by Gasteiger charge is 2.24. The van der Waals surface area contributed by atoms with E-state index in [1.807, 2.05) is 50.2 Å². The molecular weight excluding hydrogens is 294 g/mol. The van der Waals surface area contributed by atoms with Crippen LogP contribution in [0, 0.1) is 19.8 Å². The van der Waals surface area contributed by atoms with Crippen molar-refractivity contribution in [1.29, 1.82) is 0 Å². The van der Waals surface area contributed by atoms with Gasteiger partial charge in [0, 0.05) is 10.7 Å². The fraction of sp³-hybridized carbons (Fsp3) is 0.316. The van der Waals surface area contributed by atoms with Crippen molar-refractivity contribution in [3.63, 3.8) is 0 Å². The number of rotatable bonds is 4. The molecule has 0 fully saturated rings. The van der Waals surface area contributed by atoms with Crippen LogP contribution in [0.25, 0.3) is 0 Å². The molecule has 1 N–H and O–H groups in total. The van der Waals surface area contributed by atoms with E-state index in [1.165, 1.54) is 0 Å². The molecule has 0 bridgehead atoms. The summed E-state index contributed by atoms with van der Waals surface area (Å²) in [5.41, 5.74) is 4.12. The Morgan fingerprint density at radius 2 is 1.55 bits per heavy atom. The Labute approximate surface area is 137 Å². The maximum absolute atomic E-state index is 12.7. The molecule has 0 heterocycles. The lowest BCUT2D eigenvalue weighted by atomic mass is 9.87. The van der Waals surface area contributed by atoms with Crippen molar-refractivity contribution in [3.05, 3.63) is 64.2 Å². The number of hydrogen-bond acceptors (Lipinski definition) is 1. The van der Waals surface area contributed by atoms with E-state index in [9.17, 15) is 4.79 Å². The minimum Gasteiger partial charge on any atom is -0.326 e. The minimum atomic E-state index is -0.196. The molecule has 0 aliphatic carbocycles. The summed E-state index contributed by atoms with van der Waals surface area (Å²) >= 11 is 5.94. The Kier molecular flexibility index (Phi) is 5.25. The molecule has 0 unspecified atom stereocenters. The van der Waals surface area contributed by atoms with Gasteiger partial charge in [0.2, 0.25) is 5.91 Å². The maximum Gasteiger partial charge on any atom is 0.232 e. The predicted octanol–water partition coefficient (Wildman–Crippen LogP) is 5.34. The molecule has 22 heavy (non-hydrogen) atoms. The third-order valence-electron chi connectivity index (χ3n) is 3.67. The topological polar surface area (TPSA) is 29.1 Å². The van der Waals surface area contributed by atoms with Crippen molar-refractivity contribution in [2.45, 2.75) is 33.6 Å². The summed E-state index contributed by atoms with van der Waals surface area (Å²) in [5, 5.41) is 3.73. The van der Waals surface area contributed by atoms with E-state index in [0.717, 1.165) is 22.4 Å². The summed E-state index contributed by atoms with van der Waals surface area (Å²) in [7, 11) is 0. The predicted molar refractivity (Wildman–Crippen MR) is 93.6 cm³/mol. The molecular formula is C19H22ClNO. The summed E-state index contributed by atoms with van der Waals surface area (Å²) < 4.78 is 0. The first-order valence-electron chi connectivity index (χ1n) is 7.51. The monoisotopic (exact) mass is 315 g/mol. The maximum atomic E-state index is 12.7. The number of halogens is 1. The molecule has 0 saturated heterocycles. The van der Waals surface area contributed by atoms with E-state index in [4.69, 9.17) is 11.6 Å². The molecule has 116 valence electrons. The second kappa shape index (κ2) is 6.97. The first-order valence-corrected chi connectivity index (χ1v) is 7.89. The lowest BCUT2D eigenvalue weighted by molar-refractivity contribution is -0.118. The molecule has 1 amide bonds. The van der Waals surface area contributed by atoms with Gasteiger partial charge in [0.05, 0.1) is 5.92 Å². The fourth-order valence-corrected chi connectivity index (χ4v) is 2.90. The van der Waals surface area contributed by atoms with Gasteiger partial charge in [-0.2, -0.15) is 0 Å². The van der Waals surface area contributed by atoms with Gasteiger partial charge in [-0.3, -0.25) is 4.79 Å². The zero-order chi connectivity index (χ0) is 16.3. The summed E-state index contributed by atoms with van der Waals surface area (Å²) in [6, 6.07) is 13.6. The summed E-state index contributed by atoms with van der Waals surface area (Å²) in [6.45, 7) is 8.17. The Balaban J connectivity index is 2.25. The van der Waals surface area contributed by atoms with E-state index < -0.39 is 0 Å². The van der Waals surface area contributed by atoms with E-state index >= 15 is 0 Å². The molecule has 2 rings (SSSR count). The number of carbonyl (C=O) groups excluding carboxylic acids is 1. The first kappa shape index (κ1) is 16.6. The minimum absolute atomic E-state index is 0.0160. The Bertz CT molecular complexity index is 641. The lowest BCUT2D eigenvalue weighted by Crippen LogP contribution is -2.25. The molecule has 0 aliphatic rings. The van der Waals surface area contributed by atoms with Crippen molar-refractivity contribution < 1.29 is 4.79 Å². The van der Waals surface area contributed by atoms with Gasteiger partial charge in [0.1, 0.15) is 0 Å². The second-order valence-electron chi connectivity index (χ2n) is 6.14. The van der Waals surface area contributed by atoms with Crippen molar-refractivity contribution in [2.24, 2.45) is 5.92 Å². The average molecular weight is 316 g/mol. The summed E-state index contributed by atoms with van der Waals surface area (Å²) in [4.78, 5) is 12.7. The van der Waals surface area contributed by atoms with E-state index in [0.29, 0.717) is 5.02 Å². The molecule has 2 nitrogen and oxygen atoms in total. The van der Waals surface area contributed by atoms with Crippen LogP contribution in [0.4, 0.5) is 5.69 Å². The lowest BCUT2D eigenvalue weighted by Gasteiger charge is -2.21. The number of aryl methyl sites for hydroxylation is 2. The number of amides is 1. The summed E-state index contributed by atoms with van der Waals surface area (Å²) in [6.07, 6.45) is 0. The average Bonchev–Trinajstić information content (AvgIpc) is 2.39. The molecule has 1 atom stereocenters.